The van der Waals surface area contributed by atoms with Crippen molar-refractivity contribution in [1.82, 2.24) is 19.2 Å². The highest BCUT2D eigenvalue weighted by Gasteiger charge is 2.24. The summed E-state index contributed by atoms with van der Waals surface area (Å²) in [6.45, 7) is 1.43. The van der Waals surface area contributed by atoms with Crippen LogP contribution in [0.2, 0.25) is 0 Å². The van der Waals surface area contributed by atoms with Gasteiger partial charge in [-0.25, -0.2) is 17.4 Å². The van der Waals surface area contributed by atoms with Gasteiger partial charge in [-0.2, -0.15) is 5.10 Å². The minimum absolute atomic E-state index is 0.281. The van der Waals surface area contributed by atoms with E-state index in [2.05, 4.69) is 15.2 Å². The lowest BCUT2D eigenvalue weighted by molar-refractivity contribution is 0.0841. The van der Waals surface area contributed by atoms with Crippen LogP contribution < -0.4 is 4.74 Å². The molecule has 1 N–H and O–H groups in total. The molecule has 0 amide bonds. The molecule has 1 fully saturated rings. The van der Waals surface area contributed by atoms with Crippen molar-refractivity contribution in [3.8, 4) is 11.5 Å². The summed E-state index contributed by atoms with van der Waals surface area (Å²) in [7, 11) is -3.46. The van der Waals surface area contributed by atoms with Crippen molar-refractivity contribution in [2.45, 2.75) is 18.8 Å². The molecular weight excluding hydrogens is 471 g/mol. The second-order valence-corrected chi connectivity index (χ2v) is 9.10. The van der Waals surface area contributed by atoms with Crippen LogP contribution in [0.15, 0.2) is 24.5 Å². The van der Waals surface area contributed by atoms with E-state index in [1.165, 1.54) is 3.97 Å². The quantitative estimate of drug-likeness (QED) is 0.568. The van der Waals surface area contributed by atoms with Crippen molar-refractivity contribution < 1.29 is 17.9 Å². The first-order valence-electron chi connectivity index (χ1n) is 8.11. The highest BCUT2D eigenvalue weighted by atomic mass is 127. The Morgan fingerprint density at radius 3 is 2.85 bits per heavy atom. The number of aromatic amines is 1. The predicted octanol–water partition coefficient (Wildman–Crippen LogP) is 2.86. The van der Waals surface area contributed by atoms with Crippen LogP contribution in [0.25, 0.3) is 11.0 Å². The number of fused-ring (bicyclic) bond motifs is 1. The number of hydrogen-bond acceptors (Lipinski definition) is 6. The van der Waals surface area contributed by atoms with E-state index >= 15 is 0 Å². The average Bonchev–Trinajstić information content (AvgIpc) is 3.19. The van der Waals surface area contributed by atoms with Crippen LogP contribution in [-0.2, 0) is 14.8 Å². The Labute approximate surface area is 164 Å². The number of ether oxygens (including phenoxy) is 2. The molecule has 26 heavy (non-hydrogen) atoms. The Hall–Kier alpha value is -1.66. The van der Waals surface area contributed by atoms with E-state index in [4.69, 9.17) is 9.47 Å². The maximum Gasteiger partial charge on any atom is 0.238 e. The van der Waals surface area contributed by atoms with Crippen molar-refractivity contribution in [2.24, 2.45) is 0 Å². The van der Waals surface area contributed by atoms with Crippen molar-refractivity contribution in [1.29, 1.82) is 0 Å². The van der Waals surface area contributed by atoms with E-state index in [1.807, 2.05) is 22.6 Å². The summed E-state index contributed by atoms with van der Waals surface area (Å²) < 4.78 is 37.4. The zero-order chi connectivity index (χ0) is 18.3. The van der Waals surface area contributed by atoms with Crippen molar-refractivity contribution in [3.05, 3.63) is 33.9 Å². The van der Waals surface area contributed by atoms with Gasteiger partial charge in [-0.3, -0.25) is 5.10 Å². The Kier molecular flexibility index (Phi) is 4.65. The van der Waals surface area contributed by atoms with Crippen LogP contribution in [-0.4, -0.2) is 47.0 Å². The van der Waals surface area contributed by atoms with Gasteiger partial charge in [0, 0.05) is 25.3 Å². The summed E-state index contributed by atoms with van der Waals surface area (Å²) in [5.74, 6) is 1.47. The van der Waals surface area contributed by atoms with Crippen LogP contribution >= 0.6 is 22.6 Å². The fraction of sp³-hybridized carbons (Fsp3) is 0.375. The van der Waals surface area contributed by atoms with Gasteiger partial charge < -0.3 is 9.47 Å². The zero-order valence-corrected chi connectivity index (χ0v) is 17.0. The Bertz CT molecular complexity index is 1050. The Morgan fingerprint density at radius 1 is 1.35 bits per heavy atom. The molecule has 138 valence electrons. The Morgan fingerprint density at radius 2 is 2.12 bits per heavy atom. The van der Waals surface area contributed by atoms with Crippen LogP contribution in [0.1, 0.15) is 24.5 Å². The van der Waals surface area contributed by atoms with Crippen LogP contribution in [0.3, 0.4) is 0 Å². The second-order valence-electron chi connectivity index (χ2n) is 6.16. The molecule has 4 heterocycles. The van der Waals surface area contributed by atoms with E-state index < -0.39 is 10.0 Å². The molecule has 1 aliphatic heterocycles. The first-order chi connectivity index (χ1) is 12.4. The molecule has 0 atom stereocenters. The average molecular weight is 488 g/mol. The first-order valence-corrected chi connectivity index (χ1v) is 11.0. The second kappa shape index (κ2) is 6.82. The number of nitrogens with one attached hydrogen (secondary N) is 1. The van der Waals surface area contributed by atoms with Gasteiger partial charge in [-0.15, -0.1) is 0 Å². The monoisotopic (exact) mass is 488 g/mol. The minimum atomic E-state index is -3.46. The number of hydrogen-bond donors (Lipinski definition) is 1. The topological polar surface area (TPSA) is 99.1 Å². The van der Waals surface area contributed by atoms with Gasteiger partial charge in [0.25, 0.3) is 0 Å². The molecule has 0 unspecified atom stereocenters. The van der Waals surface area contributed by atoms with Crippen molar-refractivity contribution >= 4 is 43.6 Å². The molecule has 1 saturated heterocycles. The molecule has 0 bridgehead atoms. The third-order valence-electron chi connectivity index (χ3n) is 4.37. The fourth-order valence-electron chi connectivity index (χ4n) is 3.18. The van der Waals surface area contributed by atoms with E-state index in [1.54, 1.807) is 24.5 Å². The van der Waals surface area contributed by atoms with Gasteiger partial charge >= 0.3 is 0 Å². The van der Waals surface area contributed by atoms with Gasteiger partial charge in [-0.1, -0.05) is 0 Å². The van der Waals surface area contributed by atoms with Gasteiger partial charge in [0.05, 0.1) is 21.5 Å². The van der Waals surface area contributed by atoms with E-state index in [9.17, 15) is 8.42 Å². The zero-order valence-electron chi connectivity index (χ0n) is 14.0. The number of pyridine rings is 1. The molecule has 1 aliphatic rings. The largest absolute Gasteiger partial charge is 0.453 e. The van der Waals surface area contributed by atoms with Crippen molar-refractivity contribution in [2.75, 3.05) is 19.5 Å². The molecule has 3 aromatic heterocycles. The smallest absolute Gasteiger partial charge is 0.238 e. The summed E-state index contributed by atoms with van der Waals surface area (Å²) in [5.41, 5.74) is 1.22. The molecule has 0 saturated carbocycles. The summed E-state index contributed by atoms with van der Waals surface area (Å²) >= 11 is 1.98. The molecule has 0 spiro atoms. The molecule has 0 radical (unpaired) electrons. The minimum Gasteiger partial charge on any atom is -0.453 e. The van der Waals surface area contributed by atoms with Crippen LogP contribution in [0.5, 0.6) is 11.5 Å². The van der Waals surface area contributed by atoms with E-state index in [0.29, 0.717) is 39.4 Å². The van der Waals surface area contributed by atoms with Gasteiger partial charge in [-0.05, 0) is 47.6 Å². The fourth-order valence-corrected chi connectivity index (χ4v) is 5.62. The van der Waals surface area contributed by atoms with Crippen molar-refractivity contribution in [3.63, 3.8) is 0 Å². The highest BCUT2D eigenvalue weighted by molar-refractivity contribution is 14.1. The molecule has 3 aromatic rings. The maximum atomic E-state index is 12.1. The number of halogens is 1. The van der Waals surface area contributed by atoms with E-state index in [-0.39, 0.29) is 5.92 Å². The highest BCUT2D eigenvalue weighted by Crippen LogP contribution is 2.37. The lowest BCUT2D eigenvalue weighted by Gasteiger charge is -2.21. The number of rotatable bonds is 4. The molecule has 8 nitrogen and oxygen atoms in total. The normalized spacial score (nSPS) is 16.2. The Balaban J connectivity index is 1.74. The van der Waals surface area contributed by atoms with Gasteiger partial charge in [0.15, 0.2) is 11.4 Å². The van der Waals surface area contributed by atoms with Gasteiger partial charge in [0.1, 0.15) is 11.4 Å². The van der Waals surface area contributed by atoms with E-state index in [0.717, 1.165) is 24.8 Å². The summed E-state index contributed by atoms with van der Waals surface area (Å²) in [6.07, 6.45) is 6.22. The summed E-state index contributed by atoms with van der Waals surface area (Å²) in [5, 5.41) is 7.87. The third kappa shape index (κ3) is 3.21. The molecular formula is C16H17IN4O4S. The lowest BCUT2D eigenvalue weighted by Crippen LogP contribution is -2.15. The predicted molar refractivity (Wildman–Crippen MR) is 104 cm³/mol. The van der Waals surface area contributed by atoms with Gasteiger partial charge in [0.2, 0.25) is 10.0 Å². The SMILES string of the molecule is CS(=O)(=O)n1c(I)cc2c(Oc3c[nH]nc3C3CCOCC3)ccnc21. The summed E-state index contributed by atoms with van der Waals surface area (Å²) in [4.78, 5) is 4.23. The number of H-pyrrole nitrogens is 1. The maximum absolute atomic E-state index is 12.1. The lowest BCUT2D eigenvalue weighted by atomic mass is 9.96. The first kappa shape index (κ1) is 17.7. The summed E-state index contributed by atoms with van der Waals surface area (Å²) in [6, 6.07) is 3.49. The third-order valence-corrected chi connectivity index (χ3v) is 6.53. The standard InChI is InChI=1S/C16H17IN4O4S/c1-26(22,23)21-14(17)8-11-12(2-5-18-16(11)21)25-13-9-19-20-15(13)10-3-6-24-7-4-10/h2,5,8-10H,3-4,6-7H2,1H3,(H,19,20). The number of aromatic nitrogens is 4. The van der Waals surface area contributed by atoms with Crippen LogP contribution in [0, 0.1) is 3.70 Å². The molecule has 4 rings (SSSR count). The molecule has 10 heteroatoms. The van der Waals surface area contributed by atoms with Crippen LogP contribution in [0.4, 0.5) is 0 Å². The number of nitrogens with zero attached hydrogens (tertiary/aromatic N) is 3. The molecule has 0 aliphatic carbocycles. The molecule has 0 aromatic carbocycles.